The Labute approximate surface area is 227 Å². The topological polar surface area (TPSA) is 71.6 Å². The molecule has 2 aromatic carbocycles. The highest BCUT2D eigenvalue weighted by atomic mass is 16.3. The van der Waals surface area contributed by atoms with Crippen molar-refractivity contribution in [1.82, 2.24) is 15.2 Å². The third-order valence-electron chi connectivity index (χ3n) is 7.97. The first-order valence-electron chi connectivity index (χ1n) is 13.9. The zero-order valence-electron chi connectivity index (χ0n) is 23.9. The molecule has 1 heterocycles. The SMILES string of the molecule is Cc1cc(C)c(CNC(O)c2cc(-c3ccc(CN(C)C)cc3)cc(N(C)C3CCCCC3)c2C)c(=O)[nH]1. The van der Waals surface area contributed by atoms with Gasteiger partial charge in [-0.2, -0.15) is 0 Å². The van der Waals surface area contributed by atoms with E-state index < -0.39 is 6.23 Å². The number of hydrogen-bond donors (Lipinski definition) is 3. The quantitative estimate of drug-likeness (QED) is 0.324. The summed E-state index contributed by atoms with van der Waals surface area (Å²) < 4.78 is 0. The maximum Gasteiger partial charge on any atom is 0.252 e. The molecule has 6 nitrogen and oxygen atoms in total. The molecule has 1 atom stereocenters. The Morgan fingerprint density at radius 1 is 0.974 bits per heavy atom. The highest BCUT2D eigenvalue weighted by Crippen LogP contribution is 2.36. The molecule has 4 rings (SSSR count). The Balaban J connectivity index is 1.69. The molecule has 3 N–H and O–H groups in total. The van der Waals surface area contributed by atoms with Crippen molar-refractivity contribution >= 4 is 5.69 Å². The Morgan fingerprint density at radius 3 is 2.29 bits per heavy atom. The van der Waals surface area contributed by atoms with E-state index in [4.69, 9.17) is 0 Å². The molecule has 6 heteroatoms. The van der Waals surface area contributed by atoms with E-state index in [9.17, 15) is 9.90 Å². The van der Waals surface area contributed by atoms with Gasteiger partial charge in [0.25, 0.3) is 5.56 Å². The summed E-state index contributed by atoms with van der Waals surface area (Å²) in [7, 11) is 6.35. The van der Waals surface area contributed by atoms with Crippen molar-refractivity contribution in [2.45, 2.75) is 78.2 Å². The maximum atomic E-state index is 12.5. The molecule has 38 heavy (non-hydrogen) atoms. The molecule has 0 bridgehead atoms. The molecule has 0 spiro atoms. The van der Waals surface area contributed by atoms with Gasteiger partial charge >= 0.3 is 0 Å². The second-order valence-electron chi connectivity index (χ2n) is 11.3. The average molecular weight is 517 g/mol. The van der Waals surface area contributed by atoms with Crippen LogP contribution in [0, 0.1) is 20.8 Å². The van der Waals surface area contributed by atoms with E-state index in [0.717, 1.165) is 45.7 Å². The van der Waals surface area contributed by atoms with Crippen LogP contribution in [0.5, 0.6) is 0 Å². The standard InChI is InChI=1S/C32H44N4O2/c1-21-16-22(2)34-32(38)29(21)19-33-31(37)28-17-26(25-14-12-24(13-15-25)20-35(4)5)18-30(23(28)3)36(6)27-10-8-7-9-11-27/h12-18,27,31,33,37H,7-11,19-20H2,1-6H3,(H,34,38). The van der Waals surface area contributed by atoms with E-state index in [0.29, 0.717) is 18.2 Å². The number of aliphatic hydroxyl groups excluding tert-OH is 1. The summed E-state index contributed by atoms with van der Waals surface area (Å²) in [6, 6.07) is 15.6. The fourth-order valence-electron chi connectivity index (χ4n) is 5.78. The molecule has 1 fully saturated rings. The van der Waals surface area contributed by atoms with Crippen LogP contribution in [0.2, 0.25) is 0 Å². The highest BCUT2D eigenvalue weighted by Gasteiger charge is 2.23. The molecule has 1 aliphatic carbocycles. The van der Waals surface area contributed by atoms with Gasteiger partial charge in [-0.15, -0.1) is 0 Å². The first-order valence-corrected chi connectivity index (χ1v) is 13.9. The minimum atomic E-state index is -0.901. The number of anilines is 1. The number of aromatic nitrogens is 1. The number of rotatable bonds is 9. The summed E-state index contributed by atoms with van der Waals surface area (Å²) >= 11 is 0. The fraction of sp³-hybridized carbons (Fsp3) is 0.469. The number of pyridine rings is 1. The van der Waals surface area contributed by atoms with Crippen LogP contribution in [-0.4, -0.2) is 42.2 Å². The van der Waals surface area contributed by atoms with Gasteiger partial charge in [-0.25, -0.2) is 0 Å². The smallest absolute Gasteiger partial charge is 0.252 e. The molecule has 1 unspecified atom stereocenters. The Morgan fingerprint density at radius 2 is 1.66 bits per heavy atom. The molecule has 1 aliphatic rings. The second-order valence-corrected chi connectivity index (χ2v) is 11.3. The molecule has 1 saturated carbocycles. The fourth-order valence-corrected chi connectivity index (χ4v) is 5.78. The lowest BCUT2D eigenvalue weighted by Gasteiger charge is -2.35. The average Bonchev–Trinajstić information content (AvgIpc) is 2.88. The van der Waals surface area contributed by atoms with E-state index in [1.807, 2.05) is 19.9 Å². The van der Waals surface area contributed by atoms with Crippen molar-refractivity contribution in [1.29, 1.82) is 0 Å². The lowest BCUT2D eigenvalue weighted by Crippen LogP contribution is -2.34. The minimum absolute atomic E-state index is 0.108. The summed E-state index contributed by atoms with van der Waals surface area (Å²) in [4.78, 5) is 20.0. The lowest BCUT2D eigenvalue weighted by molar-refractivity contribution is 0.136. The van der Waals surface area contributed by atoms with E-state index >= 15 is 0 Å². The van der Waals surface area contributed by atoms with Crippen molar-refractivity contribution in [2.24, 2.45) is 0 Å². The monoisotopic (exact) mass is 516 g/mol. The number of nitrogens with zero attached hydrogens (tertiary/aromatic N) is 2. The van der Waals surface area contributed by atoms with Gasteiger partial charge in [0.05, 0.1) is 0 Å². The molecule has 204 valence electrons. The second kappa shape index (κ2) is 12.3. The Kier molecular flexibility index (Phi) is 9.08. The predicted octanol–water partition coefficient (Wildman–Crippen LogP) is 5.58. The number of benzene rings is 2. The molecule has 3 aromatic rings. The molecule has 0 aliphatic heterocycles. The van der Waals surface area contributed by atoms with Crippen LogP contribution < -0.4 is 15.8 Å². The molecule has 1 aromatic heterocycles. The third-order valence-corrected chi connectivity index (χ3v) is 7.97. The maximum absolute atomic E-state index is 12.5. The number of aromatic amines is 1. The summed E-state index contributed by atoms with van der Waals surface area (Å²) in [6.45, 7) is 7.11. The number of nitrogens with one attached hydrogen (secondary N) is 2. The van der Waals surface area contributed by atoms with Crippen molar-refractivity contribution in [3.05, 3.63) is 86.3 Å². The predicted molar refractivity (Wildman–Crippen MR) is 158 cm³/mol. The van der Waals surface area contributed by atoms with Gasteiger partial charge in [-0.05, 0) is 93.7 Å². The molecular formula is C32H44N4O2. The first-order chi connectivity index (χ1) is 18.1. The van der Waals surface area contributed by atoms with Crippen LogP contribution in [-0.2, 0) is 13.1 Å². The van der Waals surface area contributed by atoms with Gasteiger partial charge in [-0.1, -0.05) is 43.5 Å². The van der Waals surface area contributed by atoms with E-state index in [-0.39, 0.29) is 5.56 Å². The van der Waals surface area contributed by atoms with Crippen LogP contribution in [0.3, 0.4) is 0 Å². The van der Waals surface area contributed by atoms with Crippen molar-refractivity contribution in [3.8, 4) is 11.1 Å². The van der Waals surface area contributed by atoms with Crippen LogP contribution in [0.15, 0.2) is 47.3 Å². The van der Waals surface area contributed by atoms with E-state index in [2.05, 4.69) is 84.6 Å². The van der Waals surface area contributed by atoms with Crippen LogP contribution in [0.25, 0.3) is 11.1 Å². The third kappa shape index (κ3) is 6.55. The summed E-state index contributed by atoms with van der Waals surface area (Å²) in [5, 5.41) is 14.6. The van der Waals surface area contributed by atoms with Crippen molar-refractivity contribution in [2.75, 3.05) is 26.0 Å². The van der Waals surface area contributed by atoms with E-state index in [1.54, 1.807) is 0 Å². The van der Waals surface area contributed by atoms with Crippen LogP contribution in [0.1, 0.15) is 71.8 Å². The molecular weight excluding hydrogens is 472 g/mol. The number of H-pyrrole nitrogens is 1. The summed E-state index contributed by atoms with van der Waals surface area (Å²) in [5.41, 5.74) is 8.87. The Bertz CT molecular complexity index is 1290. The largest absolute Gasteiger partial charge is 0.374 e. The zero-order valence-corrected chi connectivity index (χ0v) is 23.9. The summed E-state index contributed by atoms with van der Waals surface area (Å²) in [6.07, 6.45) is 5.34. The molecule has 0 saturated heterocycles. The van der Waals surface area contributed by atoms with Crippen LogP contribution >= 0.6 is 0 Å². The minimum Gasteiger partial charge on any atom is -0.374 e. The lowest BCUT2D eigenvalue weighted by atomic mass is 9.91. The highest BCUT2D eigenvalue weighted by molar-refractivity contribution is 5.73. The first kappa shape index (κ1) is 28.1. The van der Waals surface area contributed by atoms with Gasteiger partial charge < -0.3 is 19.9 Å². The van der Waals surface area contributed by atoms with Gasteiger partial charge in [0.2, 0.25) is 0 Å². The van der Waals surface area contributed by atoms with Crippen LogP contribution in [0.4, 0.5) is 5.69 Å². The van der Waals surface area contributed by atoms with Gasteiger partial charge in [-0.3, -0.25) is 10.1 Å². The van der Waals surface area contributed by atoms with Crippen molar-refractivity contribution in [3.63, 3.8) is 0 Å². The normalized spacial score (nSPS) is 15.2. The van der Waals surface area contributed by atoms with E-state index in [1.165, 1.54) is 37.7 Å². The van der Waals surface area contributed by atoms with Gasteiger partial charge in [0, 0.05) is 48.7 Å². The molecule has 0 radical (unpaired) electrons. The summed E-state index contributed by atoms with van der Waals surface area (Å²) in [5.74, 6) is 0. The number of hydrogen-bond acceptors (Lipinski definition) is 5. The number of aryl methyl sites for hydroxylation is 2. The zero-order chi connectivity index (χ0) is 27.4. The van der Waals surface area contributed by atoms with Gasteiger partial charge in [0.15, 0.2) is 0 Å². The van der Waals surface area contributed by atoms with Gasteiger partial charge in [0.1, 0.15) is 6.23 Å². The number of aliphatic hydroxyl groups is 1. The Hall–Kier alpha value is -2.93. The molecule has 0 amide bonds. The van der Waals surface area contributed by atoms with Crippen molar-refractivity contribution < 1.29 is 5.11 Å².